The van der Waals surface area contributed by atoms with Crippen molar-refractivity contribution in [2.45, 2.75) is 26.2 Å². The molecule has 0 aromatic carbocycles. The Balaban J connectivity index is 4.58. The predicted octanol–water partition coefficient (Wildman–Crippen LogP) is 4.47. The fraction of sp³-hybridized carbons (Fsp3) is 0.833. The lowest BCUT2D eigenvalue weighted by Gasteiger charge is -2.17. The summed E-state index contributed by atoms with van der Waals surface area (Å²) in [5.41, 5.74) is 0. The molecule has 0 aliphatic rings. The van der Waals surface area contributed by atoms with Crippen molar-refractivity contribution in [3.8, 4) is 11.8 Å². The standard InChI is InChI=1S/C12H18F6O8P2/c1-3-21-27(19,25-9-11(13,14)15)23-7-5-6-8-24-28(20,22-4-2)26-10-12(16,17)18/h3-4,7-10H2,1-2H3. The van der Waals surface area contributed by atoms with Crippen LogP contribution in [0.15, 0.2) is 0 Å². The SMILES string of the molecule is CCOP(=O)(OCC#CCOP(=O)(OCC)OCC(F)(F)F)OCC(F)(F)F. The first-order valence-corrected chi connectivity index (χ1v) is 10.3. The molecule has 0 heterocycles. The Morgan fingerprint density at radius 3 is 1.21 bits per heavy atom. The Labute approximate surface area is 157 Å². The maximum atomic E-state index is 12.1. The second-order valence-electron chi connectivity index (χ2n) is 4.41. The summed E-state index contributed by atoms with van der Waals surface area (Å²) >= 11 is 0. The molecule has 0 aromatic heterocycles. The van der Waals surface area contributed by atoms with Gasteiger partial charge in [0.1, 0.15) is 13.2 Å². The Bertz CT molecular complexity index is 562. The zero-order valence-electron chi connectivity index (χ0n) is 14.7. The number of hydrogen-bond donors (Lipinski definition) is 0. The second kappa shape index (κ2) is 12.1. The van der Waals surface area contributed by atoms with Gasteiger partial charge in [-0.2, -0.15) is 26.3 Å². The molecular weight excluding hydrogens is 448 g/mol. The molecule has 0 saturated carbocycles. The van der Waals surface area contributed by atoms with Crippen molar-refractivity contribution in [1.82, 2.24) is 0 Å². The molecule has 0 spiro atoms. The molecule has 0 saturated heterocycles. The van der Waals surface area contributed by atoms with E-state index in [-0.39, 0.29) is 13.2 Å². The summed E-state index contributed by atoms with van der Waals surface area (Å²) in [4.78, 5) is 0. The number of rotatable bonds is 12. The van der Waals surface area contributed by atoms with E-state index in [1.54, 1.807) is 0 Å². The zero-order chi connectivity index (χ0) is 21.9. The van der Waals surface area contributed by atoms with E-state index in [9.17, 15) is 35.5 Å². The van der Waals surface area contributed by atoms with Crippen molar-refractivity contribution < 1.29 is 62.6 Å². The Morgan fingerprint density at radius 1 is 0.643 bits per heavy atom. The van der Waals surface area contributed by atoms with Crippen LogP contribution in [-0.2, 0) is 36.3 Å². The number of alkyl halides is 6. The van der Waals surface area contributed by atoms with Gasteiger partial charge < -0.3 is 0 Å². The van der Waals surface area contributed by atoms with E-state index in [2.05, 4.69) is 39.0 Å². The fourth-order valence-corrected chi connectivity index (χ4v) is 3.30. The molecule has 0 fully saturated rings. The van der Waals surface area contributed by atoms with Gasteiger partial charge in [-0.25, -0.2) is 9.13 Å². The number of hydrogen-bond acceptors (Lipinski definition) is 8. The topological polar surface area (TPSA) is 89.5 Å². The lowest BCUT2D eigenvalue weighted by Crippen LogP contribution is -2.17. The minimum absolute atomic E-state index is 0.278. The molecule has 0 bridgehead atoms. The fourth-order valence-electron chi connectivity index (χ4n) is 1.17. The van der Waals surface area contributed by atoms with E-state index in [1.165, 1.54) is 13.8 Å². The molecule has 0 radical (unpaired) electrons. The third-order valence-electron chi connectivity index (χ3n) is 2.06. The first-order chi connectivity index (χ1) is 12.7. The highest BCUT2D eigenvalue weighted by atomic mass is 31.2. The molecule has 2 atom stereocenters. The average molecular weight is 466 g/mol. The number of phosphoric acid groups is 2. The van der Waals surface area contributed by atoms with Gasteiger partial charge in [0.05, 0.1) is 13.2 Å². The molecule has 8 nitrogen and oxygen atoms in total. The van der Waals surface area contributed by atoms with Crippen LogP contribution in [0.2, 0.25) is 0 Å². The van der Waals surface area contributed by atoms with Crippen LogP contribution in [0.4, 0.5) is 26.3 Å². The summed E-state index contributed by atoms with van der Waals surface area (Å²) in [6.45, 7) is -3.12. The van der Waals surface area contributed by atoms with Crippen LogP contribution >= 0.6 is 15.6 Å². The van der Waals surface area contributed by atoms with Crippen molar-refractivity contribution >= 4 is 15.6 Å². The molecular formula is C12H18F6O8P2. The number of phosphoric ester groups is 2. The van der Waals surface area contributed by atoms with Gasteiger partial charge in [-0.15, -0.1) is 0 Å². The molecule has 0 aromatic rings. The lowest BCUT2D eigenvalue weighted by atomic mass is 10.6. The van der Waals surface area contributed by atoms with Gasteiger partial charge in [0, 0.05) is 0 Å². The summed E-state index contributed by atoms with van der Waals surface area (Å²) in [5, 5.41) is 0. The van der Waals surface area contributed by atoms with Crippen molar-refractivity contribution in [3.63, 3.8) is 0 Å². The predicted molar refractivity (Wildman–Crippen MR) is 82.2 cm³/mol. The van der Waals surface area contributed by atoms with Crippen LogP contribution < -0.4 is 0 Å². The van der Waals surface area contributed by atoms with Gasteiger partial charge in [0.25, 0.3) is 0 Å². The van der Waals surface area contributed by atoms with E-state index in [4.69, 9.17) is 0 Å². The summed E-state index contributed by atoms with van der Waals surface area (Å²) in [5.74, 6) is 4.24. The highest BCUT2D eigenvalue weighted by molar-refractivity contribution is 7.48. The van der Waals surface area contributed by atoms with E-state index >= 15 is 0 Å². The van der Waals surface area contributed by atoms with E-state index < -0.39 is 54.4 Å². The van der Waals surface area contributed by atoms with Crippen LogP contribution in [0.5, 0.6) is 0 Å². The Hall–Kier alpha value is -0.640. The minimum atomic E-state index is -4.77. The molecule has 0 rings (SSSR count). The van der Waals surface area contributed by atoms with E-state index in [0.717, 1.165) is 0 Å². The average Bonchev–Trinajstić information content (AvgIpc) is 2.54. The first kappa shape index (κ1) is 27.4. The summed E-state index contributed by atoms with van der Waals surface area (Å²) in [7, 11) is -9.06. The molecule has 166 valence electrons. The van der Waals surface area contributed by atoms with Crippen molar-refractivity contribution in [2.24, 2.45) is 0 Å². The van der Waals surface area contributed by atoms with Crippen LogP contribution in [0, 0.1) is 11.8 Å². The van der Waals surface area contributed by atoms with E-state index in [0.29, 0.717) is 0 Å². The Kier molecular flexibility index (Phi) is 11.9. The van der Waals surface area contributed by atoms with Crippen LogP contribution in [0.25, 0.3) is 0 Å². The van der Waals surface area contributed by atoms with Gasteiger partial charge in [0.15, 0.2) is 13.2 Å². The van der Waals surface area contributed by atoms with Gasteiger partial charge in [-0.3, -0.25) is 27.1 Å². The third-order valence-corrected chi connectivity index (χ3v) is 4.99. The first-order valence-electron chi connectivity index (χ1n) is 7.40. The molecule has 28 heavy (non-hydrogen) atoms. The maximum Gasteiger partial charge on any atom is 0.476 e. The van der Waals surface area contributed by atoms with Gasteiger partial charge in [-0.05, 0) is 13.8 Å². The van der Waals surface area contributed by atoms with Gasteiger partial charge in [-0.1, -0.05) is 11.8 Å². The highest BCUT2D eigenvalue weighted by Crippen LogP contribution is 2.51. The van der Waals surface area contributed by atoms with Crippen molar-refractivity contribution in [2.75, 3.05) is 39.6 Å². The number of halogens is 6. The second-order valence-corrected chi connectivity index (χ2v) is 7.75. The zero-order valence-corrected chi connectivity index (χ0v) is 16.5. The lowest BCUT2D eigenvalue weighted by molar-refractivity contribution is -0.158. The quantitative estimate of drug-likeness (QED) is 0.237. The molecule has 0 amide bonds. The molecule has 0 aliphatic carbocycles. The smallest absolute Gasteiger partial charge is 0.287 e. The van der Waals surface area contributed by atoms with Crippen molar-refractivity contribution in [1.29, 1.82) is 0 Å². The summed E-state index contributed by atoms with van der Waals surface area (Å²) in [6.07, 6.45) is -9.54. The molecule has 16 heteroatoms. The van der Waals surface area contributed by atoms with Crippen LogP contribution in [0.1, 0.15) is 13.8 Å². The molecule has 0 aliphatic heterocycles. The largest absolute Gasteiger partial charge is 0.476 e. The Morgan fingerprint density at radius 2 is 0.964 bits per heavy atom. The minimum Gasteiger partial charge on any atom is -0.287 e. The van der Waals surface area contributed by atoms with Crippen LogP contribution in [0.3, 0.4) is 0 Å². The van der Waals surface area contributed by atoms with E-state index in [1.807, 2.05) is 0 Å². The monoisotopic (exact) mass is 466 g/mol. The summed E-state index contributed by atoms with van der Waals surface area (Å²) < 4.78 is 123. The van der Waals surface area contributed by atoms with Crippen molar-refractivity contribution in [3.05, 3.63) is 0 Å². The van der Waals surface area contributed by atoms with Gasteiger partial charge in [0.2, 0.25) is 0 Å². The van der Waals surface area contributed by atoms with Crippen LogP contribution in [-0.4, -0.2) is 52.0 Å². The van der Waals surface area contributed by atoms with Gasteiger partial charge >= 0.3 is 28.0 Å². The maximum absolute atomic E-state index is 12.1. The molecule has 2 unspecified atom stereocenters. The summed E-state index contributed by atoms with van der Waals surface area (Å²) in [6, 6.07) is 0. The molecule has 0 N–H and O–H groups in total. The normalized spacial score (nSPS) is 16.7. The third kappa shape index (κ3) is 14.4. The highest BCUT2D eigenvalue weighted by Gasteiger charge is 2.36.